The van der Waals surface area contributed by atoms with E-state index in [1.165, 1.54) is 16.3 Å². The summed E-state index contributed by atoms with van der Waals surface area (Å²) in [5.41, 5.74) is 4.13. The van der Waals surface area contributed by atoms with Crippen LogP contribution >= 0.6 is 0 Å². The van der Waals surface area contributed by atoms with Gasteiger partial charge in [0.2, 0.25) is 0 Å². The Kier molecular flexibility index (Phi) is 3.13. The molecule has 0 amide bonds. The van der Waals surface area contributed by atoms with Gasteiger partial charge in [0.15, 0.2) is 5.58 Å². The van der Waals surface area contributed by atoms with E-state index < -0.39 is 0 Å². The largest absolute Gasteiger partial charge is 0.454 e. The molecule has 1 aromatic heterocycles. The van der Waals surface area contributed by atoms with Gasteiger partial charge in [-0.25, -0.2) is 0 Å². The topological polar surface area (TPSA) is 32.0 Å². The maximum atomic E-state index is 6.34. The fourth-order valence-electron chi connectivity index (χ4n) is 4.56. The van der Waals surface area contributed by atoms with Gasteiger partial charge in [0.05, 0.1) is 17.4 Å². The van der Waals surface area contributed by atoms with E-state index in [9.17, 15) is 0 Å². The zero-order chi connectivity index (χ0) is 18.1. The number of para-hydroxylation sites is 1. The molecule has 4 nitrogen and oxygen atoms in total. The first-order valence-corrected chi connectivity index (χ1v) is 9.15. The maximum absolute atomic E-state index is 6.34. The monoisotopic (exact) mass is 345 g/mol. The molecular weight excluding hydrogens is 322 g/mol. The summed E-state index contributed by atoms with van der Waals surface area (Å²) >= 11 is 0. The number of aryl methyl sites for hydroxylation is 1. The second-order valence-corrected chi connectivity index (χ2v) is 7.61. The molecule has 4 heteroatoms. The van der Waals surface area contributed by atoms with Crippen LogP contribution in [0.4, 0.5) is 5.69 Å². The van der Waals surface area contributed by atoms with Crippen LogP contribution in [0.3, 0.4) is 0 Å². The van der Waals surface area contributed by atoms with Crippen molar-refractivity contribution in [3.05, 3.63) is 54.1 Å². The molecule has 2 aromatic carbocycles. The SMILES string of the molecule is Cc1ccc2c(oc3ccccc32)c1N1C2N=CC=CC2(C)N(C)[C@@H]1C. The molecule has 3 aromatic rings. The van der Waals surface area contributed by atoms with Crippen LogP contribution in [0.25, 0.3) is 21.9 Å². The van der Waals surface area contributed by atoms with Gasteiger partial charge in [-0.15, -0.1) is 0 Å². The zero-order valence-corrected chi connectivity index (χ0v) is 15.6. The first-order valence-electron chi connectivity index (χ1n) is 9.15. The number of furan rings is 1. The van der Waals surface area contributed by atoms with Crippen LogP contribution in [0.15, 0.2) is 58.0 Å². The van der Waals surface area contributed by atoms with Gasteiger partial charge in [0.1, 0.15) is 11.7 Å². The summed E-state index contributed by atoms with van der Waals surface area (Å²) < 4.78 is 6.34. The van der Waals surface area contributed by atoms with Crippen molar-refractivity contribution in [1.29, 1.82) is 0 Å². The number of dihydropyridines is 1. The maximum Gasteiger partial charge on any atom is 0.159 e. The number of aliphatic imine (C=N–C) groups is 1. The Hall–Kier alpha value is -2.59. The third-order valence-electron chi connectivity index (χ3n) is 6.24. The lowest BCUT2D eigenvalue weighted by Crippen LogP contribution is -2.46. The van der Waals surface area contributed by atoms with Crippen molar-refractivity contribution >= 4 is 33.8 Å². The van der Waals surface area contributed by atoms with Gasteiger partial charge in [-0.1, -0.05) is 36.4 Å². The van der Waals surface area contributed by atoms with Gasteiger partial charge in [-0.2, -0.15) is 0 Å². The normalized spacial score (nSPS) is 28.4. The van der Waals surface area contributed by atoms with E-state index in [1.807, 2.05) is 18.3 Å². The van der Waals surface area contributed by atoms with Gasteiger partial charge in [0, 0.05) is 17.0 Å². The van der Waals surface area contributed by atoms with Crippen LogP contribution in [0.5, 0.6) is 0 Å². The lowest BCUT2D eigenvalue weighted by Gasteiger charge is -2.34. The van der Waals surface area contributed by atoms with Crippen molar-refractivity contribution in [2.24, 2.45) is 4.99 Å². The predicted molar refractivity (Wildman–Crippen MR) is 108 cm³/mol. The molecule has 1 fully saturated rings. The van der Waals surface area contributed by atoms with Gasteiger partial charge in [-0.05, 0) is 45.5 Å². The molecule has 2 unspecified atom stereocenters. The number of hydrogen-bond acceptors (Lipinski definition) is 4. The summed E-state index contributed by atoms with van der Waals surface area (Å²) in [6, 6.07) is 12.6. The van der Waals surface area contributed by atoms with Crippen LogP contribution in [0.1, 0.15) is 19.4 Å². The number of benzene rings is 2. The quantitative estimate of drug-likeness (QED) is 0.640. The van der Waals surface area contributed by atoms with Gasteiger partial charge in [0.25, 0.3) is 0 Å². The Balaban J connectivity index is 1.80. The highest BCUT2D eigenvalue weighted by Crippen LogP contribution is 2.45. The third kappa shape index (κ3) is 1.85. The molecule has 132 valence electrons. The minimum atomic E-state index is -0.130. The standard InChI is InChI=1S/C22H23N3O/c1-14-10-11-17-16-8-5-6-9-18(16)26-20(17)19(14)25-15(2)24(4)22(3)12-7-13-23-21(22)25/h5-13,15,21H,1-4H3/t15-,21?,22?/m0/s1. The van der Waals surface area contributed by atoms with Crippen molar-refractivity contribution in [3.8, 4) is 0 Å². The van der Waals surface area contributed by atoms with Crippen LogP contribution in [-0.2, 0) is 0 Å². The summed E-state index contributed by atoms with van der Waals surface area (Å²) in [4.78, 5) is 9.67. The average molecular weight is 345 g/mol. The first kappa shape index (κ1) is 15.6. The van der Waals surface area contributed by atoms with E-state index in [2.05, 4.69) is 74.0 Å². The summed E-state index contributed by atoms with van der Waals surface area (Å²) in [6.45, 7) is 6.66. The van der Waals surface area contributed by atoms with Gasteiger partial charge >= 0.3 is 0 Å². The molecule has 26 heavy (non-hydrogen) atoms. The Labute approximate surface area is 153 Å². The molecule has 0 bridgehead atoms. The first-order chi connectivity index (χ1) is 12.5. The summed E-state index contributed by atoms with van der Waals surface area (Å²) in [5.74, 6) is 0. The molecule has 2 aliphatic heterocycles. The lowest BCUT2D eigenvalue weighted by atomic mass is 9.95. The van der Waals surface area contributed by atoms with Crippen molar-refractivity contribution < 1.29 is 4.42 Å². The van der Waals surface area contributed by atoms with Crippen molar-refractivity contribution in [3.63, 3.8) is 0 Å². The van der Waals surface area contributed by atoms with E-state index in [-0.39, 0.29) is 17.9 Å². The van der Waals surface area contributed by atoms with E-state index in [0.29, 0.717) is 0 Å². The van der Waals surface area contributed by atoms with Crippen LogP contribution in [0, 0.1) is 6.92 Å². The Morgan fingerprint density at radius 2 is 1.92 bits per heavy atom. The molecule has 0 saturated carbocycles. The Morgan fingerprint density at radius 3 is 2.77 bits per heavy atom. The van der Waals surface area contributed by atoms with E-state index in [1.54, 1.807) is 0 Å². The molecular formula is C22H23N3O. The van der Waals surface area contributed by atoms with Gasteiger partial charge in [-0.3, -0.25) is 9.89 Å². The molecule has 3 atom stereocenters. The third-order valence-corrected chi connectivity index (χ3v) is 6.24. The van der Waals surface area contributed by atoms with Crippen molar-refractivity contribution in [1.82, 2.24) is 4.90 Å². The summed E-state index contributed by atoms with van der Waals surface area (Å²) in [6.07, 6.45) is 6.47. The molecule has 3 heterocycles. The number of anilines is 1. The Bertz CT molecular complexity index is 1080. The highest BCUT2D eigenvalue weighted by molar-refractivity contribution is 6.09. The molecule has 0 spiro atoms. The summed E-state index contributed by atoms with van der Waals surface area (Å²) in [5, 5.41) is 2.33. The van der Waals surface area contributed by atoms with Crippen LogP contribution in [0.2, 0.25) is 0 Å². The smallest absolute Gasteiger partial charge is 0.159 e. The highest BCUT2D eigenvalue weighted by Gasteiger charge is 2.52. The lowest BCUT2D eigenvalue weighted by molar-refractivity contribution is 0.195. The highest BCUT2D eigenvalue weighted by atomic mass is 16.3. The number of hydrogen-bond donors (Lipinski definition) is 0. The second-order valence-electron chi connectivity index (χ2n) is 7.61. The minimum Gasteiger partial charge on any atom is -0.454 e. The van der Waals surface area contributed by atoms with E-state index in [4.69, 9.17) is 9.41 Å². The van der Waals surface area contributed by atoms with E-state index >= 15 is 0 Å². The average Bonchev–Trinajstić information content (AvgIpc) is 3.10. The Morgan fingerprint density at radius 1 is 1.12 bits per heavy atom. The fourth-order valence-corrected chi connectivity index (χ4v) is 4.56. The van der Waals surface area contributed by atoms with E-state index in [0.717, 1.165) is 16.9 Å². The second kappa shape index (κ2) is 5.21. The number of likely N-dealkylation sites (N-methyl/N-ethyl adjacent to an activating group) is 1. The molecule has 2 aliphatic rings. The predicted octanol–water partition coefficient (Wildman–Crippen LogP) is 4.72. The zero-order valence-electron chi connectivity index (χ0n) is 15.6. The van der Waals surface area contributed by atoms with Crippen molar-refractivity contribution in [2.45, 2.75) is 38.6 Å². The molecule has 0 N–H and O–H groups in total. The molecule has 1 saturated heterocycles. The number of allylic oxidation sites excluding steroid dienone is 1. The summed E-state index contributed by atoms with van der Waals surface area (Å²) in [7, 11) is 2.18. The minimum absolute atomic E-state index is 0.0324. The number of nitrogens with zero attached hydrogens (tertiary/aromatic N) is 3. The van der Waals surface area contributed by atoms with Crippen LogP contribution < -0.4 is 4.90 Å². The van der Waals surface area contributed by atoms with Gasteiger partial charge < -0.3 is 9.32 Å². The number of rotatable bonds is 1. The van der Waals surface area contributed by atoms with Crippen molar-refractivity contribution in [2.75, 3.05) is 11.9 Å². The fraction of sp³-hybridized carbons (Fsp3) is 0.318. The molecule has 0 radical (unpaired) electrons. The number of fused-ring (bicyclic) bond motifs is 4. The molecule has 5 rings (SSSR count). The van der Waals surface area contributed by atoms with Crippen LogP contribution in [-0.4, -0.2) is 36.0 Å². The molecule has 0 aliphatic carbocycles.